The molecule has 9 heteroatoms. The summed E-state index contributed by atoms with van der Waals surface area (Å²) in [6.07, 6.45) is 10.3. The van der Waals surface area contributed by atoms with Crippen LogP contribution in [0.4, 0.5) is 4.39 Å². The number of allylic oxidation sites excluding steroid dienone is 1. The van der Waals surface area contributed by atoms with Gasteiger partial charge in [0.15, 0.2) is 5.78 Å². The summed E-state index contributed by atoms with van der Waals surface area (Å²) in [7, 11) is -0.995. The number of hydrogen-bond acceptors (Lipinski definition) is 4. The maximum atomic E-state index is 14.6. The van der Waals surface area contributed by atoms with Crippen LogP contribution in [0.3, 0.4) is 0 Å². The Kier molecular flexibility index (Phi) is 6.91. The van der Waals surface area contributed by atoms with E-state index in [1.165, 1.54) is 30.5 Å². The van der Waals surface area contributed by atoms with Gasteiger partial charge in [-0.2, -0.15) is 5.10 Å². The molecule has 4 aromatic rings. The average Bonchev–Trinajstić information content (AvgIpc) is 3.80. The van der Waals surface area contributed by atoms with Gasteiger partial charge in [-0.1, -0.05) is 23.2 Å². The van der Waals surface area contributed by atoms with Crippen molar-refractivity contribution in [3.8, 4) is 5.69 Å². The van der Waals surface area contributed by atoms with Gasteiger partial charge in [0.25, 0.3) is 0 Å². The number of benzene rings is 2. The molecule has 2 aromatic heterocycles. The van der Waals surface area contributed by atoms with E-state index >= 15 is 0 Å². The third-order valence-corrected chi connectivity index (χ3v) is 11.9. The lowest BCUT2D eigenvalue weighted by Crippen LogP contribution is -2.49. The molecule has 7 rings (SSSR count). The first-order valence-electron chi connectivity index (χ1n) is 14.6. The van der Waals surface area contributed by atoms with E-state index < -0.39 is 15.1 Å². The largest absolute Gasteiger partial charge is 0.291 e. The summed E-state index contributed by atoms with van der Waals surface area (Å²) in [5.41, 5.74) is 4.36. The molecule has 0 N–H and O–H groups in total. The minimum Gasteiger partial charge on any atom is -0.291 e. The average molecular weight is 615 g/mol. The fourth-order valence-electron chi connectivity index (χ4n) is 6.68. The SMILES string of the molecule is C=S(=O)(c1ccc(Cl)cc1)N(C)[C@H]1CCC2=Cc3c(cnn3-c3ccc(F)cc3)C[C@]2(C(=O)c2ccc(C3CC3)cn2)C1. The van der Waals surface area contributed by atoms with Crippen molar-refractivity contribution in [3.05, 3.63) is 112 Å². The zero-order chi connectivity index (χ0) is 29.9. The van der Waals surface area contributed by atoms with Gasteiger partial charge in [0.1, 0.15) is 11.5 Å². The fourth-order valence-corrected chi connectivity index (χ4v) is 8.36. The number of aromatic nitrogens is 3. The molecule has 220 valence electrons. The van der Waals surface area contributed by atoms with Crippen molar-refractivity contribution in [1.29, 1.82) is 0 Å². The Hall–Kier alpha value is -3.59. The van der Waals surface area contributed by atoms with Crippen molar-refractivity contribution in [3.63, 3.8) is 0 Å². The third-order valence-electron chi connectivity index (χ3n) is 9.37. The number of fused-ring (bicyclic) bond motifs is 2. The summed E-state index contributed by atoms with van der Waals surface area (Å²) in [6, 6.07) is 16.9. The molecule has 0 aliphatic heterocycles. The van der Waals surface area contributed by atoms with E-state index in [0.717, 1.165) is 22.5 Å². The molecule has 2 fully saturated rings. The Balaban J connectivity index is 1.28. The molecule has 0 spiro atoms. The molecule has 43 heavy (non-hydrogen) atoms. The highest BCUT2D eigenvalue weighted by Crippen LogP contribution is 2.51. The molecule has 3 aliphatic carbocycles. The van der Waals surface area contributed by atoms with Crippen molar-refractivity contribution >= 4 is 39.0 Å². The third kappa shape index (κ3) is 4.95. The molecule has 6 nitrogen and oxygen atoms in total. The molecular weight excluding hydrogens is 583 g/mol. The van der Waals surface area contributed by atoms with Crippen molar-refractivity contribution in [1.82, 2.24) is 19.1 Å². The molecule has 2 heterocycles. The van der Waals surface area contributed by atoms with Gasteiger partial charge in [-0.25, -0.2) is 17.6 Å². The van der Waals surface area contributed by atoms with Crippen LogP contribution >= 0.6 is 11.6 Å². The van der Waals surface area contributed by atoms with E-state index in [4.69, 9.17) is 11.6 Å². The number of carbonyl (C=O) groups is 1. The molecule has 0 radical (unpaired) electrons. The van der Waals surface area contributed by atoms with Crippen molar-refractivity contribution in [2.24, 2.45) is 5.41 Å². The molecule has 1 unspecified atom stereocenters. The summed E-state index contributed by atoms with van der Waals surface area (Å²) < 4.78 is 31.4. The Labute approximate surface area is 256 Å². The van der Waals surface area contributed by atoms with Crippen molar-refractivity contribution < 1.29 is 13.4 Å². The summed E-state index contributed by atoms with van der Waals surface area (Å²) in [5, 5.41) is 5.21. The highest BCUT2D eigenvalue weighted by molar-refractivity contribution is 7.98. The molecule has 3 aliphatic rings. The van der Waals surface area contributed by atoms with Crippen LogP contribution in [-0.4, -0.2) is 48.0 Å². The summed E-state index contributed by atoms with van der Waals surface area (Å²) >= 11 is 6.10. The summed E-state index contributed by atoms with van der Waals surface area (Å²) in [4.78, 5) is 19.9. The Morgan fingerprint density at radius 1 is 1.07 bits per heavy atom. The quantitative estimate of drug-likeness (QED) is 0.167. The first-order chi connectivity index (χ1) is 20.7. The van der Waals surface area contributed by atoms with Crippen LogP contribution in [-0.2, 0) is 16.1 Å². The lowest BCUT2D eigenvalue weighted by atomic mass is 9.60. The molecule has 2 saturated carbocycles. The standard InChI is InChI=1S/C34H32ClFN4O2S/c1-39(43(2,42)30-14-7-26(35)8-15-30)29-11-6-25-17-32-24(21-38-40(32)28-12-9-27(36)10-13-28)18-34(25,19-29)33(41)31-16-5-23(20-37-31)22-3-4-22/h5,7-10,12-17,20-22,29H,2-4,6,11,18-19H2,1H3/t29-,34-,43?/m0/s1. The highest BCUT2D eigenvalue weighted by Gasteiger charge is 2.50. The minimum atomic E-state index is -2.83. The molecule has 2 aromatic carbocycles. The maximum absolute atomic E-state index is 14.6. The van der Waals surface area contributed by atoms with Gasteiger partial charge in [-0.15, -0.1) is 0 Å². The Morgan fingerprint density at radius 2 is 1.81 bits per heavy atom. The molecular formula is C34H32ClFN4O2S. The van der Waals surface area contributed by atoms with Crippen LogP contribution in [0.5, 0.6) is 0 Å². The normalized spacial score (nSPS) is 22.8. The lowest BCUT2D eigenvalue weighted by molar-refractivity contribution is 0.0749. The van der Waals surface area contributed by atoms with Crippen LogP contribution < -0.4 is 0 Å². The number of nitrogens with zero attached hydrogens (tertiary/aromatic N) is 4. The smallest absolute Gasteiger partial charge is 0.191 e. The van der Waals surface area contributed by atoms with Gasteiger partial charge in [-0.05, 0) is 129 Å². The van der Waals surface area contributed by atoms with E-state index in [1.54, 1.807) is 47.3 Å². The second-order valence-corrected chi connectivity index (χ2v) is 14.8. The van der Waals surface area contributed by atoms with E-state index in [-0.39, 0.29) is 17.6 Å². The number of pyridine rings is 1. The van der Waals surface area contributed by atoms with Crippen LogP contribution in [0, 0.1) is 11.2 Å². The topological polar surface area (TPSA) is 68.1 Å². The molecule has 0 bridgehead atoms. The van der Waals surface area contributed by atoms with Crippen molar-refractivity contribution in [2.75, 3.05) is 7.05 Å². The number of halogens is 2. The van der Waals surface area contributed by atoms with E-state index in [2.05, 4.69) is 22.0 Å². The predicted octanol–water partition coefficient (Wildman–Crippen LogP) is 6.92. The van der Waals surface area contributed by atoms with Crippen LogP contribution in [0.25, 0.3) is 11.8 Å². The molecule has 3 atom stereocenters. The zero-order valence-corrected chi connectivity index (χ0v) is 25.5. The molecule has 0 amide bonds. The maximum Gasteiger partial charge on any atom is 0.191 e. The van der Waals surface area contributed by atoms with Crippen LogP contribution in [0.15, 0.2) is 83.5 Å². The van der Waals surface area contributed by atoms with Crippen LogP contribution in [0.2, 0.25) is 5.02 Å². The van der Waals surface area contributed by atoms with Crippen molar-refractivity contribution in [2.45, 2.75) is 55.4 Å². The van der Waals surface area contributed by atoms with Gasteiger partial charge < -0.3 is 0 Å². The Bertz CT molecular complexity index is 1850. The number of rotatable bonds is 7. The zero-order valence-electron chi connectivity index (χ0n) is 23.9. The number of carbonyl (C=O) groups excluding carboxylic acids is 1. The summed E-state index contributed by atoms with van der Waals surface area (Å²) in [6.45, 7) is 0. The van der Waals surface area contributed by atoms with E-state index in [0.29, 0.717) is 47.2 Å². The van der Waals surface area contributed by atoms with Gasteiger partial charge >= 0.3 is 0 Å². The first-order valence-corrected chi connectivity index (χ1v) is 16.6. The minimum absolute atomic E-state index is 0.0265. The van der Waals surface area contributed by atoms with E-state index in [1.807, 2.05) is 29.7 Å². The first kappa shape index (κ1) is 28.2. The van der Waals surface area contributed by atoms with Gasteiger partial charge in [0.2, 0.25) is 0 Å². The fraction of sp³-hybridized carbons (Fsp3) is 0.294. The second kappa shape index (κ2) is 10.5. The number of ketones is 1. The van der Waals surface area contributed by atoms with Gasteiger partial charge in [0, 0.05) is 22.2 Å². The van der Waals surface area contributed by atoms with Crippen LogP contribution in [0.1, 0.15) is 65.3 Å². The number of hydrogen-bond donors (Lipinski definition) is 0. The highest BCUT2D eigenvalue weighted by atomic mass is 35.5. The molecule has 0 saturated heterocycles. The summed E-state index contributed by atoms with van der Waals surface area (Å²) in [5.74, 6) is 4.36. The van der Waals surface area contributed by atoms with Gasteiger partial charge in [-0.3, -0.25) is 9.78 Å². The predicted molar refractivity (Wildman–Crippen MR) is 169 cm³/mol. The van der Waals surface area contributed by atoms with E-state index in [9.17, 15) is 13.4 Å². The lowest BCUT2D eigenvalue weighted by Gasteiger charge is -2.46. The number of Topliss-reactive ketones (excluding diaryl/α,β-unsaturated/α-hetero) is 1. The second-order valence-electron chi connectivity index (χ2n) is 12.0. The Morgan fingerprint density at radius 3 is 2.49 bits per heavy atom. The monoisotopic (exact) mass is 614 g/mol. The van der Waals surface area contributed by atoms with Gasteiger partial charge in [0.05, 0.1) is 32.7 Å².